The Balaban J connectivity index is 2.66. The van der Waals surface area contributed by atoms with E-state index in [4.69, 9.17) is 0 Å². The fourth-order valence-electron chi connectivity index (χ4n) is 1.78. The third-order valence-corrected chi connectivity index (χ3v) is 2.89. The van der Waals surface area contributed by atoms with Gasteiger partial charge in [0, 0.05) is 5.56 Å². The Labute approximate surface area is 114 Å². The van der Waals surface area contributed by atoms with Gasteiger partial charge in [-0.3, -0.25) is 0 Å². The highest BCUT2D eigenvalue weighted by Crippen LogP contribution is 2.23. The quantitative estimate of drug-likeness (QED) is 0.544. The molecule has 0 unspecified atom stereocenters. The summed E-state index contributed by atoms with van der Waals surface area (Å²) in [5.41, 5.74) is 2.87. The largest absolute Gasteiger partial charge is 0.508 e. The summed E-state index contributed by atoms with van der Waals surface area (Å²) in [6.07, 6.45) is 6.26. The molecule has 1 aromatic carbocycles. The molecule has 104 valence electrons. The molecule has 19 heavy (non-hydrogen) atoms. The second-order valence-corrected chi connectivity index (χ2v) is 4.86. The van der Waals surface area contributed by atoms with Gasteiger partial charge in [0.05, 0.1) is 6.61 Å². The molecule has 0 saturated heterocycles. The average Bonchev–Trinajstić information content (AvgIpc) is 2.37. The van der Waals surface area contributed by atoms with E-state index in [2.05, 4.69) is 6.08 Å². The predicted octanol–water partition coefficient (Wildman–Crippen LogP) is 3.31. The third kappa shape index (κ3) is 5.62. The minimum atomic E-state index is 0.0240. The highest BCUT2D eigenvalue weighted by atomic mass is 16.3. The van der Waals surface area contributed by atoms with Crippen LogP contribution in [0.15, 0.2) is 41.5 Å². The standard InChI is InChI=1S/C16H22O3/c1-12(2)4-3-5-13(11-17)6-7-14-10-15(18)8-9-16(14)19/h4,6,8-10,17-19H,3,5,7,11H2,1-2H3. The van der Waals surface area contributed by atoms with Gasteiger partial charge in [0.1, 0.15) is 11.5 Å². The lowest BCUT2D eigenvalue weighted by Gasteiger charge is -2.05. The maximum Gasteiger partial charge on any atom is 0.119 e. The summed E-state index contributed by atoms with van der Waals surface area (Å²) in [7, 11) is 0. The van der Waals surface area contributed by atoms with E-state index in [0.717, 1.165) is 18.4 Å². The molecule has 0 fully saturated rings. The summed E-state index contributed by atoms with van der Waals surface area (Å²) < 4.78 is 0. The van der Waals surface area contributed by atoms with E-state index in [1.807, 2.05) is 19.9 Å². The summed E-state index contributed by atoms with van der Waals surface area (Å²) in [6.45, 7) is 4.12. The topological polar surface area (TPSA) is 60.7 Å². The normalized spacial score (nSPS) is 11.4. The van der Waals surface area contributed by atoms with Crippen LogP contribution in [0.3, 0.4) is 0 Å². The van der Waals surface area contributed by atoms with Crippen LogP contribution in [0, 0.1) is 0 Å². The van der Waals surface area contributed by atoms with Crippen LogP contribution < -0.4 is 0 Å². The van der Waals surface area contributed by atoms with E-state index in [1.54, 1.807) is 0 Å². The lowest BCUT2D eigenvalue weighted by atomic mass is 10.0. The number of phenolic OH excluding ortho intramolecular Hbond substituents is 2. The molecule has 0 aliphatic heterocycles. The maximum absolute atomic E-state index is 9.66. The number of aliphatic hydroxyl groups is 1. The van der Waals surface area contributed by atoms with Crippen LogP contribution in [0.4, 0.5) is 0 Å². The van der Waals surface area contributed by atoms with Crippen LogP contribution in [0.5, 0.6) is 11.5 Å². The monoisotopic (exact) mass is 262 g/mol. The van der Waals surface area contributed by atoms with Crippen molar-refractivity contribution >= 4 is 0 Å². The minimum Gasteiger partial charge on any atom is -0.508 e. The van der Waals surface area contributed by atoms with Crippen LogP contribution in [0.2, 0.25) is 0 Å². The van der Waals surface area contributed by atoms with Crippen LogP contribution in [0.25, 0.3) is 0 Å². The zero-order valence-corrected chi connectivity index (χ0v) is 11.6. The Kier molecular flexibility index (Phi) is 6.16. The van der Waals surface area contributed by atoms with Gasteiger partial charge in [-0.15, -0.1) is 0 Å². The molecule has 0 aromatic heterocycles. The van der Waals surface area contributed by atoms with Gasteiger partial charge in [-0.1, -0.05) is 17.7 Å². The fraction of sp³-hybridized carbons (Fsp3) is 0.375. The molecule has 1 rings (SSSR count). The molecule has 0 atom stereocenters. The molecule has 0 aliphatic carbocycles. The molecule has 3 heteroatoms. The Morgan fingerprint density at radius 3 is 2.53 bits per heavy atom. The Morgan fingerprint density at radius 1 is 1.16 bits per heavy atom. The van der Waals surface area contributed by atoms with Crippen molar-refractivity contribution in [2.75, 3.05) is 6.61 Å². The SMILES string of the molecule is CC(C)=CCCC(=CCc1cc(O)ccc1O)CO. The van der Waals surface area contributed by atoms with Crippen LogP contribution >= 0.6 is 0 Å². The van der Waals surface area contributed by atoms with Crippen molar-refractivity contribution in [1.82, 2.24) is 0 Å². The van der Waals surface area contributed by atoms with E-state index in [1.165, 1.54) is 23.8 Å². The summed E-state index contributed by atoms with van der Waals surface area (Å²) in [4.78, 5) is 0. The second kappa shape index (κ2) is 7.64. The van der Waals surface area contributed by atoms with Crippen molar-refractivity contribution in [3.05, 3.63) is 47.1 Å². The lowest BCUT2D eigenvalue weighted by molar-refractivity contribution is 0.326. The number of rotatable bonds is 6. The summed E-state index contributed by atoms with van der Waals surface area (Å²) >= 11 is 0. The number of hydrogen-bond acceptors (Lipinski definition) is 3. The zero-order chi connectivity index (χ0) is 14.3. The van der Waals surface area contributed by atoms with Gasteiger partial charge in [-0.05, 0) is 56.9 Å². The van der Waals surface area contributed by atoms with Crippen LogP contribution in [0.1, 0.15) is 32.3 Å². The van der Waals surface area contributed by atoms with E-state index in [0.29, 0.717) is 12.0 Å². The number of benzene rings is 1. The number of phenols is 2. The Morgan fingerprint density at radius 2 is 1.89 bits per heavy atom. The van der Waals surface area contributed by atoms with Crippen molar-refractivity contribution in [2.45, 2.75) is 33.1 Å². The lowest BCUT2D eigenvalue weighted by Crippen LogP contribution is -1.93. The number of hydrogen-bond donors (Lipinski definition) is 3. The van der Waals surface area contributed by atoms with Crippen LogP contribution in [-0.2, 0) is 6.42 Å². The summed E-state index contributed by atoms with van der Waals surface area (Å²) in [5.74, 6) is 0.298. The minimum absolute atomic E-state index is 0.0240. The highest BCUT2D eigenvalue weighted by molar-refractivity contribution is 5.40. The van der Waals surface area contributed by atoms with Crippen molar-refractivity contribution in [2.24, 2.45) is 0 Å². The first-order valence-corrected chi connectivity index (χ1v) is 6.46. The molecule has 0 aliphatic rings. The smallest absolute Gasteiger partial charge is 0.119 e. The first-order chi connectivity index (χ1) is 9.02. The van der Waals surface area contributed by atoms with Gasteiger partial charge in [0.2, 0.25) is 0 Å². The van der Waals surface area contributed by atoms with E-state index in [-0.39, 0.29) is 18.1 Å². The maximum atomic E-state index is 9.66. The summed E-state index contributed by atoms with van der Waals surface area (Å²) in [5, 5.41) is 28.3. The van der Waals surface area contributed by atoms with E-state index >= 15 is 0 Å². The molecule has 3 N–H and O–H groups in total. The third-order valence-electron chi connectivity index (χ3n) is 2.89. The Hall–Kier alpha value is -1.74. The average molecular weight is 262 g/mol. The molecule has 3 nitrogen and oxygen atoms in total. The van der Waals surface area contributed by atoms with Crippen LogP contribution in [-0.4, -0.2) is 21.9 Å². The van der Waals surface area contributed by atoms with Gasteiger partial charge >= 0.3 is 0 Å². The van der Waals surface area contributed by atoms with Crippen molar-refractivity contribution in [1.29, 1.82) is 0 Å². The van der Waals surface area contributed by atoms with E-state index in [9.17, 15) is 15.3 Å². The number of aromatic hydroxyl groups is 2. The predicted molar refractivity (Wildman–Crippen MR) is 77.3 cm³/mol. The first kappa shape index (κ1) is 15.3. The molecule has 0 radical (unpaired) electrons. The molecule has 1 aromatic rings. The molecule has 0 spiro atoms. The van der Waals surface area contributed by atoms with E-state index < -0.39 is 0 Å². The molecule has 0 saturated carbocycles. The summed E-state index contributed by atoms with van der Waals surface area (Å²) in [6, 6.07) is 4.46. The molecular formula is C16H22O3. The van der Waals surface area contributed by atoms with Gasteiger partial charge in [-0.25, -0.2) is 0 Å². The van der Waals surface area contributed by atoms with Crippen molar-refractivity contribution in [3.63, 3.8) is 0 Å². The van der Waals surface area contributed by atoms with Crippen molar-refractivity contribution < 1.29 is 15.3 Å². The molecule has 0 amide bonds. The van der Waals surface area contributed by atoms with Crippen molar-refractivity contribution in [3.8, 4) is 11.5 Å². The van der Waals surface area contributed by atoms with Gasteiger partial charge in [0.25, 0.3) is 0 Å². The van der Waals surface area contributed by atoms with Gasteiger partial charge in [-0.2, -0.15) is 0 Å². The Bertz CT molecular complexity index is 469. The van der Waals surface area contributed by atoms with Gasteiger partial charge < -0.3 is 15.3 Å². The first-order valence-electron chi connectivity index (χ1n) is 6.46. The molecular weight excluding hydrogens is 240 g/mol. The zero-order valence-electron chi connectivity index (χ0n) is 11.6. The molecule has 0 heterocycles. The highest BCUT2D eigenvalue weighted by Gasteiger charge is 2.02. The second-order valence-electron chi connectivity index (χ2n) is 4.86. The molecule has 0 bridgehead atoms. The number of aliphatic hydroxyl groups excluding tert-OH is 1. The number of allylic oxidation sites excluding steroid dienone is 3. The van der Waals surface area contributed by atoms with Gasteiger partial charge in [0.15, 0.2) is 0 Å². The fourth-order valence-corrected chi connectivity index (χ4v) is 1.78.